The monoisotopic (exact) mass is 342 g/mol. The van der Waals surface area contributed by atoms with E-state index in [1.54, 1.807) is 0 Å². The number of carbonyl (C=O) groups excluding carboxylic acids is 2. The van der Waals surface area contributed by atoms with Gasteiger partial charge in [-0.15, -0.1) is 0 Å². The predicted octanol–water partition coefficient (Wildman–Crippen LogP) is 0.546. The first-order valence-corrected chi connectivity index (χ1v) is 9.31. The van der Waals surface area contributed by atoms with Crippen molar-refractivity contribution in [2.45, 2.75) is 18.9 Å². The lowest BCUT2D eigenvalue weighted by Gasteiger charge is -2.35. The topological polar surface area (TPSA) is 55.9 Å². The molecule has 134 valence electrons. The number of anilines is 1. The van der Waals surface area contributed by atoms with E-state index < -0.39 is 0 Å². The summed E-state index contributed by atoms with van der Waals surface area (Å²) >= 11 is 0. The summed E-state index contributed by atoms with van der Waals surface area (Å²) in [5, 5.41) is 3.20. The van der Waals surface area contributed by atoms with Crippen LogP contribution in [0.4, 0.5) is 5.69 Å². The first-order chi connectivity index (χ1) is 12.2. The zero-order valence-electron chi connectivity index (χ0n) is 14.6. The lowest BCUT2D eigenvalue weighted by molar-refractivity contribution is -0.135. The maximum Gasteiger partial charge on any atom is 0.228 e. The zero-order valence-corrected chi connectivity index (χ0v) is 14.6. The molecule has 1 aromatic rings. The largest absolute Gasteiger partial charge is 0.370 e. The van der Waals surface area contributed by atoms with Crippen molar-refractivity contribution in [2.75, 3.05) is 50.7 Å². The number of nitrogens with one attached hydrogen (secondary N) is 1. The quantitative estimate of drug-likeness (QED) is 0.871. The third kappa shape index (κ3) is 3.35. The summed E-state index contributed by atoms with van der Waals surface area (Å²) in [5.41, 5.74) is 1.22. The van der Waals surface area contributed by atoms with Gasteiger partial charge in [-0.1, -0.05) is 18.2 Å². The van der Waals surface area contributed by atoms with Gasteiger partial charge in [-0.25, -0.2) is 0 Å². The first-order valence-electron chi connectivity index (χ1n) is 9.31. The van der Waals surface area contributed by atoms with Gasteiger partial charge in [0.1, 0.15) is 0 Å². The molecule has 0 radical (unpaired) electrons. The molecule has 0 spiro atoms. The molecule has 0 bridgehead atoms. The molecule has 3 heterocycles. The van der Waals surface area contributed by atoms with E-state index >= 15 is 0 Å². The van der Waals surface area contributed by atoms with Crippen molar-refractivity contribution in [1.82, 2.24) is 15.1 Å². The highest BCUT2D eigenvalue weighted by Gasteiger charge is 2.41. The molecule has 2 amide bonds. The maximum absolute atomic E-state index is 12.9. The van der Waals surface area contributed by atoms with E-state index in [2.05, 4.69) is 34.5 Å². The molecule has 6 nitrogen and oxygen atoms in total. The first kappa shape index (κ1) is 16.4. The molecule has 1 atom stereocenters. The highest BCUT2D eigenvalue weighted by Crippen LogP contribution is 2.24. The predicted molar refractivity (Wildman–Crippen MR) is 96.3 cm³/mol. The van der Waals surface area contributed by atoms with Crippen LogP contribution in [-0.4, -0.2) is 73.5 Å². The van der Waals surface area contributed by atoms with E-state index in [-0.39, 0.29) is 17.7 Å². The number of benzene rings is 1. The number of amides is 2. The Hall–Kier alpha value is -2.08. The summed E-state index contributed by atoms with van der Waals surface area (Å²) in [6.07, 6.45) is 1.35. The number of rotatable bonds is 3. The van der Waals surface area contributed by atoms with Crippen molar-refractivity contribution in [2.24, 2.45) is 5.92 Å². The summed E-state index contributed by atoms with van der Waals surface area (Å²) in [5.74, 6) is 0.153. The van der Waals surface area contributed by atoms with Crippen LogP contribution in [0.25, 0.3) is 0 Å². The summed E-state index contributed by atoms with van der Waals surface area (Å²) < 4.78 is 0. The fraction of sp³-hybridized carbons (Fsp3) is 0.579. The molecule has 3 aliphatic rings. The van der Waals surface area contributed by atoms with Gasteiger partial charge in [0, 0.05) is 57.9 Å². The van der Waals surface area contributed by atoms with Gasteiger partial charge in [-0.2, -0.15) is 0 Å². The highest BCUT2D eigenvalue weighted by atomic mass is 16.2. The standard InChI is InChI=1S/C19H26N4O2/c24-18-11-15(14-23(18)17-12-20-13-17)19(25)22-8-4-7-21(9-10-22)16-5-2-1-3-6-16/h1-3,5-6,15,17,20H,4,7-14H2. The van der Waals surface area contributed by atoms with E-state index in [1.165, 1.54) is 5.69 Å². The van der Waals surface area contributed by atoms with Gasteiger partial charge < -0.3 is 20.0 Å². The normalized spacial score (nSPS) is 25.0. The van der Waals surface area contributed by atoms with Crippen LogP contribution in [0.1, 0.15) is 12.8 Å². The van der Waals surface area contributed by atoms with E-state index in [4.69, 9.17) is 0 Å². The third-order valence-corrected chi connectivity index (χ3v) is 5.64. The van der Waals surface area contributed by atoms with Gasteiger partial charge in [0.2, 0.25) is 11.8 Å². The second kappa shape index (κ2) is 7.04. The van der Waals surface area contributed by atoms with Gasteiger partial charge in [-0.3, -0.25) is 9.59 Å². The second-order valence-corrected chi connectivity index (χ2v) is 7.26. The van der Waals surface area contributed by atoms with Crippen LogP contribution in [0.15, 0.2) is 30.3 Å². The third-order valence-electron chi connectivity index (χ3n) is 5.64. The van der Waals surface area contributed by atoms with Gasteiger partial charge in [-0.05, 0) is 18.6 Å². The molecule has 1 N–H and O–H groups in total. The van der Waals surface area contributed by atoms with Gasteiger partial charge >= 0.3 is 0 Å². The number of hydrogen-bond donors (Lipinski definition) is 1. The molecule has 3 aliphatic heterocycles. The molecule has 4 rings (SSSR count). The van der Waals surface area contributed by atoms with Crippen molar-refractivity contribution in [1.29, 1.82) is 0 Å². The Bertz CT molecular complexity index is 632. The molecule has 25 heavy (non-hydrogen) atoms. The average molecular weight is 342 g/mol. The number of carbonyl (C=O) groups is 2. The molecule has 6 heteroatoms. The number of para-hydroxylation sites is 1. The second-order valence-electron chi connectivity index (χ2n) is 7.26. The van der Waals surface area contributed by atoms with Crippen LogP contribution in [0.2, 0.25) is 0 Å². The summed E-state index contributed by atoms with van der Waals surface area (Å²) in [6.45, 7) is 5.68. The van der Waals surface area contributed by atoms with Gasteiger partial charge in [0.05, 0.1) is 12.0 Å². The van der Waals surface area contributed by atoms with Crippen molar-refractivity contribution in [3.8, 4) is 0 Å². The van der Waals surface area contributed by atoms with Crippen LogP contribution in [0.5, 0.6) is 0 Å². The van der Waals surface area contributed by atoms with Crippen molar-refractivity contribution >= 4 is 17.5 Å². The van der Waals surface area contributed by atoms with Crippen molar-refractivity contribution in [3.63, 3.8) is 0 Å². The van der Waals surface area contributed by atoms with Crippen LogP contribution in [0.3, 0.4) is 0 Å². The minimum absolute atomic E-state index is 0.144. The van der Waals surface area contributed by atoms with Crippen molar-refractivity contribution < 1.29 is 9.59 Å². The molecular formula is C19H26N4O2. The van der Waals surface area contributed by atoms with E-state index in [1.807, 2.05) is 15.9 Å². The Morgan fingerprint density at radius 1 is 1.04 bits per heavy atom. The smallest absolute Gasteiger partial charge is 0.228 e. The van der Waals surface area contributed by atoms with Crippen LogP contribution < -0.4 is 10.2 Å². The van der Waals surface area contributed by atoms with Crippen LogP contribution in [-0.2, 0) is 9.59 Å². The van der Waals surface area contributed by atoms with Gasteiger partial charge in [0.25, 0.3) is 0 Å². The minimum Gasteiger partial charge on any atom is -0.370 e. The highest BCUT2D eigenvalue weighted by molar-refractivity contribution is 5.89. The van der Waals surface area contributed by atoms with E-state index in [0.717, 1.165) is 45.7 Å². The molecular weight excluding hydrogens is 316 g/mol. The summed E-state index contributed by atoms with van der Waals surface area (Å²) in [7, 11) is 0. The molecule has 3 saturated heterocycles. The number of nitrogens with zero attached hydrogens (tertiary/aromatic N) is 3. The van der Waals surface area contributed by atoms with E-state index in [0.29, 0.717) is 19.0 Å². The van der Waals surface area contributed by atoms with Crippen LogP contribution in [0, 0.1) is 5.92 Å². The number of hydrogen-bond acceptors (Lipinski definition) is 4. The SMILES string of the molecule is O=C(C1CC(=O)N(C2CNC2)C1)N1CCCN(c2ccccc2)CC1. The summed E-state index contributed by atoms with van der Waals surface area (Å²) in [4.78, 5) is 31.4. The Morgan fingerprint density at radius 2 is 1.84 bits per heavy atom. The Morgan fingerprint density at radius 3 is 2.56 bits per heavy atom. The minimum atomic E-state index is -0.156. The van der Waals surface area contributed by atoms with Crippen molar-refractivity contribution in [3.05, 3.63) is 30.3 Å². The maximum atomic E-state index is 12.9. The van der Waals surface area contributed by atoms with Crippen LogP contribution >= 0.6 is 0 Å². The molecule has 0 aliphatic carbocycles. The Labute approximate surface area is 148 Å². The fourth-order valence-electron chi connectivity index (χ4n) is 4.04. The molecule has 0 saturated carbocycles. The molecule has 1 unspecified atom stereocenters. The lowest BCUT2D eigenvalue weighted by atomic mass is 10.1. The fourth-order valence-corrected chi connectivity index (χ4v) is 4.04. The molecule has 0 aromatic heterocycles. The average Bonchev–Trinajstić information content (AvgIpc) is 2.82. The van der Waals surface area contributed by atoms with E-state index in [9.17, 15) is 9.59 Å². The number of likely N-dealkylation sites (tertiary alicyclic amines) is 1. The summed E-state index contributed by atoms with van der Waals surface area (Å²) in [6, 6.07) is 10.7. The Balaban J connectivity index is 1.36. The van der Waals surface area contributed by atoms with Gasteiger partial charge in [0.15, 0.2) is 0 Å². The molecule has 3 fully saturated rings. The Kier molecular flexibility index (Phi) is 4.61. The lowest BCUT2D eigenvalue weighted by Crippen LogP contribution is -2.57. The zero-order chi connectivity index (χ0) is 17.2. The molecule has 1 aromatic carbocycles.